The summed E-state index contributed by atoms with van der Waals surface area (Å²) in [4.78, 5) is 0. The monoisotopic (exact) mass is 150 g/mol. The maximum atomic E-state index is 2.26. The number of rotatable bonds is 4. The van der Waals surface area contributed by atoms with Gasteiger partial charge in [0.2, 0.25) is 0 Å². The molecule has 0 nitrogen and oxygen atoms in total. The summed E-state index contributed by atoms with van der Waals surface area (Å²) in [6.45, 7) is 4.53. The van der Waals surface area contributed by atoms with E-state index in [-0.39, 0.29) is 0 Å². The van der Waals surface area contributed by atoms with E-state index in [0.717, 1.165) is 5.92 Å². The lowest BCUT2D eigenvalue weighted by molar-refractivity contribution is 0.633. The first-order valence-corrected chi connectivity index (χ1v) is 5.65. The smallest absolute Gasteiger partial charge is 0.00392 e. The van der Waals surface area contributed by atoms with Crippen molar-refractivity contribution in [3.8, 4) is 0 Å². The molecule has 0 fully saturated rings. The Kier molecular flexibility index (Phi) is 6.34. The van der Waals surface area contributed by atoms with E-state index in [9.17, 15) is 0 Å². The maximum absolute atomic E-state index is 2.26. The van der Waals surface area contributed by atoms with E-state index in [4.69, 9.17) is 0 Å². The van der Waals surface area contributed by atoms with Crippen molar-refractivity contribution in [2.45, 2.75) is 20.3 Å². The molecule has 0 aromatic heterocycles. The summed E-state index contributed by atoms with van der Waals surface area (Å²) in [7, 11) is 3.81. The second-order valence-electron chi connectivity index (χ2n) is 2.17. The number of hydrogen-bond acceptors (Lipinski definition) is 2. The average molecular weight is 150 g/mol. The Labute approximate surface area is 60.2 Å². The standard InChI is InChI=1S/C6H14S2/c1-6(2)4-5-8-7-3/h6H,4-5H2,1-3H3. The van der Waals surface area contributed by atoms with Gasteiger partial charge in [0.05, 0.1) is 0 Å². The SMILES string of the molecule is CSSCCC(C)C. The summed E-state index contributed by atoms with van der Waals surface area (Å²) in [6, 6.07) is 0. The van der Waals surface area contributed by atoms with Gasteiger partial charge >= 0.3 is 0 Å². The molecule has 0 aromatic rings. The second kappa shape index (κ2) is 5.83. The fraction of sp³-hybridized carbons (Fsp3) is 1.00. The Bertz CT molecular complexity index is 43.8. The highest BCUT2D eigenvalue weighted by Gasteiger charge is 1.91. The summed E-state index contributed by atoms with van der Waals surface area (Å²) in [5.41, 5.74) is 0. The maximum Gasteiger partial charge on any atom is 0.00392 e. The minimum absolute atomic E-state index is 0.870. The van der Waals surface area contributed by atoms with E-state index < -0.39 is 0 Å². The van der Waals surface area contributed by atoms with Crippen LogP contribution in [-0.2, 0) is 0 Å². The van der Waals surface area contributed by atoms with Crippen molar-refractivity contribution in [1.29, 1.82) is 0 Å². The van der Waals surface area contributed by atoms with Gasteiger partial charge in [0.1, 0.15) is 0 Å². The van der Waals surface area contributed by atoms with Crippen LogP contribution in [0.4, 0.5) is 0 Å². The van der Waals surface area contributed by atoms with Crippen LogP contribution in [0.25, 0.3) is 0 Å². The van der Waals surface area contributed by atoms with Crippen LogP contribution in [0.3, 0.4) is 0 Å². The van der Waals surface area contributed by atoms with Crippen molar-refractivity contribution in [2.24, 2.45) is 5.92 Å². The lowest BCUT2D eigenvalue weighted by Crippen LogP contribution is -1.86. The van der Waals surface area contributed by atoms with E-state index in [1.807, 2.05) is 21.6 Å². The predicted octanol–water partition coefficient (Wildman–Crippen LogP) is 3.04. The molecule has 50 valence electrons. The summed E-state index contributed by atoms with van der Waals surface area (Å²) in [5.74, 6) is 2.17. The number of hydrogen-bond donors (Lipinski definition) is 0. The molecular formula is C6H14S2. The van der Waals surface area contributed by atoms with Crippen LogP contribution in [-0.4, -0.2) is 12.0 Å². The first kappa shape index (κ1) is 8.70. The lowest BCUT2D eigenvalue weighted by atomic mass is 10.2. The largest absolute Gasteiger partial charge is 0.0976 e. The molecule has 0 bridgehead atoms. The molecule has 0 saturated carbocycles. The molecule has 0 saturated heterocycles. The fourth-order valence-corrected chi connectivity index (χ4v) is 1.89. The van der Waals surface area contributed by atoms with E-state index in [0.29, 0.717) is 0 Å². The van der Waals surface area contributed by atoms with Crippen molar-refractivity contribution < 1.29 is 0 Å². The van der Waals surface area contributed by atoms with E-state index in [1.54, 1.807) is 0 Å². The summed E-state index contributed by atoms with van der Waals surface area (Å²) in [6.07, 6.45) is 3.48. The molecule has 0 spiro atoms. The topological polar surface area (TPSA) is 0 Å². The Morgan fingerprint density at radius 1 is 1.38 bits per heavy atom. The van der Waals surface area contributed by atoms with Gasteiger partial charge in [-0.2, -0.15) is 0 Å². The van der Waals surface area contributed by atoms with Crippen molar-refractivity contribution in [2.75, 3.05) is 12.0 Å². The van der Waals surface area contributed by atoms with Gasteiger partial charge in [-0.1, -0.05) is 35.4 Å². The van der Waals surface area contributed by atoms with Crippen LogP contribution in [0.5, 0.6) is 0 Å². The van der Waals surface area contributed by atoms with Crippen LogP contribution in [0.2, 0.25) is 0 Å². The minimum atomic E-state index is 0.870. The van der Waals surface area contributed by atoms with E-state index in [1.165, 1.54) is 12.2 Å². The third kappa shape index (κ3) is 6.70. The summed E-state index contributed by atoms with van der Waals surface area (Å²) in [5, 5.41) is 0. The van der Waals surface area contributed by atoms with Gasteiger partial charge in [-0.3, -0.25) is 0 Å². The lowest BCUT2D eigenvalue weighted by Gasteiger charge is -2.00. The molecule has 0 aliphatic heterocycles. The Morgan fingerprint density at radius 3 is 2.38 bits per heavy atom. The second-order valence-corrected chi connectivity index (χ2v) is 4.86. The molecule has 0 N–H and O–H groups in total. The normalized spacial score (nSPS) is 10.5. The molecule has 0 aliphatic carbocycles. The van der Waals surface area contributed by atoms with Gasteiger partial charge in [-0.15, -0.1) is 0 Å². The molecular weight excluding hydrogens is 136 g/mol. The minimum Gasteiger partial charge on any atom is -0.0976 e. The zero-order valence-electron chi connectivity index (χ0n) is 5.81. The van der Waals surface area contributed by atoms with Crippen LogP contribution in [0.1, 0.15) is 20.3 Å². The third-order valence-corrected chi connectivity index (χ3v) is 2.74. The van der Waals surface area contributed by atoms with Gasteiger partial charge in [0.25, 0.3) is 0 Å². The molecule has 0 atom stereocenters. The van der Waals surface area contributed by atoms with Crippen molar-refractivity contribution >= 4 is 21.6 Å². The van der Waals surface area contributed by atoms with E-state index in [2.05, 4.69) is 20.1 Å². The zero-order chi connectivity index (χ0) is 6.41. The third-order valence-electron chi connectivity index (χ3n) is 0.896. The molecule has 0 unspecified atom stereocenters. The Morgan fingerprint density at radius 2 is 2.00 bits per heavy atom. The van der Waals surface area contributed by atoms with Crippen LogP contribution in [0, 0.1) is 5.92 Å². The average Bonchev–Trinajstić information content (AvgIpc) is 1.66. The molecule has 2 heteroatoms. The summed E-state index contributed by atoms with van der Waals surface area (Å²) >= 11 is 0. The highest BCUT2D eigenvalue weighted by Crippen LogP contribution is 2.19. The molecule has 0 aliphatic rings. The van der Waals surface area contributed by atoms with Gasteiger partial charge in [0, 0.05) is 5.75 Å². The van der Waals surface area contributed by atoms with Crippen molar-refractivity contribution in [3.63, 3.8) is 0 Å². The van der Waals surface area contributed by atoms with Crippen LogP contribution in [0.15, 0.2) is 0 Å². The van der Waals surface area contributed by atoms with Crippen LogP contribution >= 0.6 is 21.6 Å². The Hall–Kier alpha value is 0.700. The first-order valence-electron chi connectivity index (χ1n) is 2.93. The molecule has 0 aromatic carbocycles. The van der Waals surface area contributed by atoms with Crippen LogP contribution < -0.4 is 0 Å². The van der Waals surface area contributed by atoms with Gasteiger partial charge in [-0.05, 0) is 18.6 Å². The summed E-state index contributed by atoms with van der Waals surface area (Å²) < 4.78 is 0. The van der Waals surface area contributed by atoms with Gasteiger partial charge in [0.15, 0.2) is 0 Å². The first-order chi connectivity index (χ1) is 3.77. The van der Waals surface area contributed by atoms with Gasteiger partial charge in [-0.25, -0.2) is 0 Å². The molecule has 0 radical (unpaired) electrons. The predicted molar refractivity (Wildman–Crippen MR) is 45.4 cm³/mol. The molecule has 0 heterocycles. The molecule has 8 heavy (non-hydrogen) atoms. The van der Waals surface area contributed by atoms with Crippen molar-refractivity contribution in [3.05, 3.63) is 0 Å². The highest BCUT2D eigenvalue weighted by atomic mass is 33.1. The quantitative estimate of drug-likeness (QED) is 0.446. The fourth-order valence-electron chi connectivity index (χ4n) is 0.367. The van der Waals surface area contributed by atoms with Crippen molar-refractivity contribution in [1.82, 2.24) is 0 Å². The Balaban J connectivity index is 2.72. The zero-order valence-corrected chi connectivity index (χ0v) is 7.44. The van der Waals surface area contributed by atoms with Gasteiger partial charge < -0.3 is 0 Å². The van der Waals surface area contributed by atoms with E-state index >= 15 is 0 Å². The molecule has 0 rings (SSSR count). The highest BCUT2D eigenvalue weighted by molar-refractivity contribution is 8.76. The molecule has 0 amide bonds.